The third-order valence-corrected chi connectivity index (χ3v) is 5.43. The highest BCUT2D eigenvalue weighted by Gasteiger charge is 2.18. The van der Waals surface area contributed by atoms with Gasteiger partial charge in [-0.2, -0.15) is 0 Å². The van der Waals surface area contributed by atoms with Gasteiger partial charge in [-0.25, -0.2) is 9.78 Å². The topological polar surface area (TPSA) is 80.8 Å². The summed E-state index contributed by atoms with van der Waals surface area (Å²) in [6, 6.07) is 12.3. The van der Waals surface area contributed by atoms with Crippen LogP contribution < -0.4 is 10.1 Å². The lowest BCUT2D eigenvalue weighted by molar-refractivity contribution is -0.143. The van der Waals surface area contributed by atoms with Crippen LogP contribution in [0.2, 0.25) is 10.0 Å². The lowest BCUT2D eigenvalue weighted by Gasteiger charge is -2.19. The standard InChI is InChI=1S/C23H23Cl2N3O4/c1-4-31-20(29)12-28(3)23(30)27-18-11-10-17(24)16(21(18)25)13-32-19-7-5-6-15-9-8-14(2)26-22(15)19/h5-11H,4,12-13H2,1-3H3,(H,27,30). The highest BCUT2D eigenvalue weighted by Crippen LogP contribution is 2.34. The number of aryl methyl sites for hydroxylation is 1. The maximum atomic E-state index is 12.4. The minimum Gasteiger partial charge on any atom is -0.487 e. The molecule has 168 valence electrons. The van der Waals surface area contributed by atoms with Crippen LogP contribution in [0.25, 0.3) is 10.9 Å². The van der Waals surface area contributed by atoms with Crippen LogP contribution in [0.1, 0.15) is 18.2 Å². The molecule has 0 saturated carbocycles. The molecule has 0 spiro atoms. The Kier molecular flexibility index (Phi) is 7.77. The predicted molar refractivity (Wildman–Crippen MR) is 126 cm³/mol. The average molecular weight is 476 g/mol. The van der Waals surface area contributed by atoms with Crippen molar-refractivity contribution in [2.75, 3.05) is 25.5 Å². The van der Waals surface area contributed by atoms with Gasteiger partial charge in [0.05, 0.1) is 17.3 Å². The summed E-state index contributed by atoms with van der Waals surface area (Å²) in [6.45, 7) is 3.75. The maximum Gasteiger partial charge on any atom is 0.325 e. The van der Waals surface area contributed by atoms with Crippen LogP contribution in [0.15, 0.2) is 42.5 Å². The van der Waals surface area contributed by atoms with Crippen molar-refractivity contribution in [1.82, 2.24) is 9.88 Å². The first-order valence-electron chi connectivity index (χ1n) is 9.94. The molecule has 1 aromatic heterocycles. The Labute approximate surface area is 196 Å². The largest absolute Gasteiger partial charge is 0.487 e. The zero-order valence-corrected chi connectivity index (χ0v) is 19.5. The van der Waals surface area contributed by atoms with Gasteiger partial charge in [-0.15, -0.1) is 0 Å². The molecular formula is C23H23Cl2N3O4. The molecule has 1 N–H and O–H groups in total. The second kappa shape index (κ2) is 10.5. The molecule has 0 aliphatic rings. The summed E-state index contributed by atoms with van der Waals surface area (Å²) in [5.41, 5.74) is 2.48. The Morgan fingerprint density at radius 2 is 1.91 bits per heavy atom. The molecule has 7 nitrogen and oxygen atoms in total. The van der Waals surface area contributed by atoms with Crippen molar-refractivity contribution < 1.29 is 19.1 Å². The number of anilines is 1. The van der Waals surface area contributed by atoms with E-state index >= 15 is 0 Å². The normalized spacial score (nSPS) is 10.7. The molecule has 2 amide bonds. The number of carbonyl (C=O) groups excluding carboxylic acids is 2. The number of benzene rings is 2. The Morgan fingerprint density at radius 3 is 2.66 bits per heavy atom. The number of para-hydroxylation sites is 1. The van der Waals surface area contributed by atoms with Gasteiger partial charge >= 0.3 is 12.0 Å². The van der Waals surface area contributed by atoms with Gasteiger partial charge in [0.2, 0.25) is 0 Å². The SMILES string of the molecule is CCOC(=O)CN(C)C(=O)Nc1ccc(Cl)c(COc2cccc3ccc(C)nc23)c1Cl. The molecule has 0 aliphatic heterocycles. The molecule has 32 heavy (non-hydrogen) atoms. The van der Waals surface area contributed by atoms with Gasteiger partial charge in [0.15, 0.2) is 0 Å². The van der Waals surface area contributed by atoms with Crippen molar-refractivity contribution in [1.29, 1.82) is 0 Å². The quantitative estimate of drug-likeness (QED) is 0.459. The average Bonchev–Trinajstić information content (AvgIpc) is 2.75. The number of nitrogens with zero attached hydrogens (tertiary/aromatic N) is 2. The zero-order valence-electron chi connectivity index (χ0n) is 17.9. The van der Waals surface area contributed by atoms with E-state index in [1.165, 1.54) is 11.9 Å². The number of hydrogen-bond donors (Lipinski definition) is 1. The Balaban J connectivity index is 1.76. The lowest BCUT2D eigenvalue weighted by atomic mass is 10.2. The number of esters is 1. The smallest absolute Gasteiger partial charge is 0.325 e. The summed E-state index contributed by atoms with van der Waals surface area (Å²) in [6.07, 6.45) is 0. The number of ether oxygens (including phenoxy) is 2. The number of halogens is 2. The Bertz CT molecular complexity index is 1150. The molecule has 9 heteroatoms. The van der Waals surface area contributed by atoms with Gasteiger partial charge in [-0.1, -0.05) is 41.4 Å². The third kappa shape index (κ3) is 5.60. The summed E-state index contributed by atoms with van der Waals surface area (Å²) < 4.78 is 10.9. The number of urea groups is 1. The highest BCUT2D eigenvalue weighted by molar-refractivity contribution is 6.38. The molecule has 0 fully saturated rings. The van der Waals surface area contributed by atoms with E-state index in [4.69, 9.17) is 32.7 Å². The van der Waals surface area contributed by atoms with Crippen LogP contribution in [0, 0.1) is 6.92 Å². The first kappa shape index (κ1) is 23.6. The van der Waals surface area contributed by atoms with E-state index in [1.807, 2.05) is 37.3 Å². The summed E-state index contributed by atoms with van der Waals surface area (Å²) in [7, 11) is 1.48. The summed E-state index contributed by atoms with van der Waals surface area (Å²) in [4.78, 5) is 29.8. The third-order valence-electron chi connectivity index (χ3n) is 4.64. The summed E-state index contributed by atoms with van der Waals surface area (Å²) >= 11 is 12.9. The van der Waals surface area contributed by atoms with Crippen LogP contribution >= 0.6 is 23.2 Å². The van der Waals surface area contributed by atoms with E-state index in [2.05, 4.69) is 10.3 Å². The van der Waals surface area contributed by atoms with Crippen LogP contribution in [0.3, 0.4) is 0 Å². The van der Waals surface area contributed by atoms with Crippen molar-refractivity contribution in [3.63, 3.8) is 0 Å². The van der Waals surface area contributed by atoms with E-state index in [0.29, 0.717) is 22.0 Å². The zero-order chi connectivity index (χ0) is 23.3. The minimum absolute atomic E-state index is 0.0782. The summed E-state index contributed by atoms with van der Waals surface area (Å²) in [5.74, 6) is 0.0994. The Hall–Kier alpha value is -3.03. The number of nitrogens with one attached hydrogen (secondary N) is 1. The number of pyridine rings is 1. The van der Waals surface area contributed by atoms with Crippen molar-refractivity contribution in [3.8, 4) is 5.75 Å². The minimum atomic E-state index is -0.511. The van der Waals surface area contributed by atoms with E-state index in [-0.39, 0.29) is 24.8 Å². The molecule has 1 heterocycles. The van der Waals surface area contributed by atoms with Crippen LogP contribution in [-0.2, 0) is 16.1 Å². The second-order valence-electron chi connectivity index (χ2n) is 7.05. The summed E-state index contributed by atoms with van der Waals surface area (Å²) in [5, 5.41) is 4.29. The van der Waals surface area contributed by atoms with Gasteiger partial charge in [0.25, 0.3) is 0 Å². The molecule has 0 atom stereocenters. The number of rotatable bonds is 7. The molecule has 0 radical (unpaired) electrons. The fraction of sp³-hybridized carbons (Fsp3) is 0.261. The van der Waals surface area contributed by atoms with Crippen molar-refractivity contribution >= 4 is 51.8 Å². The molecule has 3 aromatic rings. The molecule has 2 aromatic carbocycles. The number of fused-ring (bicyclic) bond motifs is 1. The van der Waals surface area contributed by atoms with Crippen molar-refractivity contribution in [3.05, 3.63) is 63.8 Å². The van der Waals surface area contributed by atoms with E-state index in [0.717, 1.165) is 16.6 Å². The van der Waals surface area contributed by atoms with Crippen LogP contribution in [-0.4, -0.2) is 42.1 Å². The molecule has 0 saturated heterocycles. The van der Waals surface area contributed by atoms with Gasteiger partial charge in [0.1, 0.15) is 24.4 Å². The van der Waals surface area contributed by atoms with E-state index in [1.54, 1.807) is 19.1 Å². The monoisotopic (exact) mass is 475 g/mol. The van der Waals surface area contributed by atoms with Crippen molar-refractivity contribution in [2.45, 2.75) is 20.5 Å². The fourth-order valence-corrected chi connectivity index (χ4v) is 3.52. The lowest BCUT2D eigenvalue weighted by Crippen LogP contribution is -2.36. The highest BCUT2D eigenvalue weighted by atomic mass is 35.5. The van der Waals surface area contributed by atoms with Gasteiger partial charge in [-0.3, -0.25) is 4.79 Å². The fourth-order valence-electron chi connectivity index (χ4n) is 2.99. The molecule has 0 bridgehead atoms. The Morgan fingerprint density at radius 1 is 1.12 bits per heavy atom. The van der Waals surface area contributed by atoms with Gasteiger partial charge in [-0.05, 0) is 38.1 Å². The molecule has 3 rings (SSSR count). The number of amides is 2. The first-order valence-corrected chi connectivity index (χ1v) is 10.7. The number of likely N-dealkylation sites (N-methyl/N-ethyl adjacent to an activating group) is 1. The second-order valence-corrected chi connectivity index (χ2v) is 7.83. The number of carbonyl (C=O) groups is 2. The molecule has 0 aliphatic carbocycles. The van der Waals surface area contributed by atoms with Gasteiger partial charge < -0.3 is 19.7 Å². The van der Waals surface area contributed by atoms with E-state index < -0.39 is 12.0 Å². The molecular weight excluding hydrogens is 453 g/mol. The van der Waals surface area contributed by atoms with Crippen molar-refractivity contribution in [2.24, 2.45) is 0 Å². The molecule has 0 unspecified atom stereocenters. The number of hydrogen-bond acceptors (Lipinski definition) is 5. The maximum absolute atomic E-state index is 12.4. The first-order chi connectivity index (χ1) is 15.3. The van der Waals surface area contributed by atoms with E-state index in [9.17, 15) is 9.59 Å². The van der Waals surface area contributed by atoms with Crippen LogP contribution in [0.5, 0.6) is 5.75 Å². The predicted octanol–water partition coefficient (Wildman–Crippen LogP) is 5.46. The van der Waals surface area contributed by atoms with Crippen LogP contribution in [0.4, 0.5) is 10.5 Å². The number of aromatic nitrogens is 1. The van der Waals surface area contributed by atoms with Gasteiger partial charge in [0, 0.05) is 28.7 Å².